The smallest absolute Gasteiger partial charge is 0.258 e. The number of nitrogens with two attached hydrogens (primary N) is 1. The van der Waals surface area contributed by atoms with Crippen LogP contribution in [0.1, 0.15) is 10.4 Å². The predicted octanol–water partition coefficient (Wildman–Crippen LogP) is 2.51. The summed E-state index contributed by atoms with van der Waals surface area (Å²) in [5, 5.41) is 3.96. The summed E-state index contributed by atoms with van der Waals surface area (Å²) in [5.41, 5.74) is 7.10. The Kier molecular flexibility index (Phi) is 3.57. The van der Waals surface area contributed by atoms with Gasteiger partial charge in [0, 0.05) is 11.1 Å². The van der Waals surface area contributed by atoms with Gasteiger partial charge >= 0.3 is 0 Å². The van der Waals surface area contributed by atoms with Gasteiger partial charge in [-0.15, -0.1) is 0 Å². The van der Waals surface area contributed by atoms with E-state index in [4.69, 9.17) is 15.0 Å². The molecule has 2 aromatic carbocycles. The van der Waals surface area contributed by atoms with Gasteiger partial charge < -0.3 is 15.0 Å². The number of primary amides is 1. The standard InChI is InChI=1S/C16H13N3O3/c1-21-13-9-11(7-8-12(13)14(17)20)16-18-15(19-22-16)10-5-3-2-4-6-10/h2-9H,1H3,(H2,17,20). The number of aromatic nitrogens is 2. The summed E-state index contributed by atoms with van der Waals surface area (Å²) in [4.78, 5) is 15.7. The molecular formula is C16H13N3O3. The zero-order valence-corrected chi connectivity index (χ0v) is 11.8. The van der Waals surface area contributed by atoms with Crippen LogP contribution in [0.3, 0.4) is 0 Å². The van der Waals surface area contributed by atoms with Crippen LogP contribution in [0, 0.1) is 0 Å². The molecule has 6 heteroatoms. The second-order valence-electron chi connectivity index (χ2n) is 4.57. The van der Waals surface area contributed by atoms with Crippen LogP contribution in [0.2, 0.25) is 0 Å². The molecule has 22 heavy (non-hydrogen) atoms. The monoisotopic (exact) mass is 295 g/mol. The van der Waals surface area contributed by atoms with E-state index in [0.717, 1.165) is 5.56 Å². The number of ether oxygens (including phenoxy) is 1. The van der Waals surface area contributed by atoms with Crippen molar-refractivity contribution in [2.75, 3.05) is 7.11 Å². The van der Waals surface area contributed by atoms with E-state index in [1.807, 2.05) is 30.3 Å². The first-order valence-electron chi connectivity index (χ1n) is 6.56. The Morgan fingerprint density at radius 1 is 1.14 bits per heavy atom. The minimum absolute atomic E-state index is 0.300. The van der Waals surface area contributed by atoms with Crippen molar-refractivity contribution in [3.8, 4) is 28.6 Å². The Labute approximate surface area is 126 Å². The summed E-state index contributed by atoms with van der Waals surface area (Å²) >= 11 is 0. The molecular weight excluding hydrogens is 282 g/mol. The highest BCUT2D eigenvalue weighted by Crippen LogP contribution is 2.27. The third-order valence-electron chi connectivity index (χ3n) is 3.17. The van der Waals surface area contributed by atoms with Crippen molar-refractivity contribution in [2.45, 2.75) is 0 Å². The number of hydrogen-bond donors (Lipinski definition) is 1. The van der Waals surface area contributed by atoms with E-state index >= 15 is 0 Å². The Bertz CT molecular complexity index is 813. The molecule has 0 aliphatic heterocycles. The van der Waals surface area contributed by atoms with Gasteiger partial charge in [0.15, 0.2) is 0 Å². The number of rotatable bonds is 4. The average molecular weight is 295 g/mol. The Morgan fingerprint density at radius 3 is 2.59 bits per heavy atom. The largest absolute Gasteiger partial charge is 0.496 e. The van der Waals surface area contributed by atoms with Crippen LogP contribution in [0.5, 0.6) is 5.75 Å². The predicted molar refractivity (Wildman–Crippen MR) is 80.2 cm³/mol. The molecule has 0 bridgehead atoms. The number of amides is 1. The summed E-state index contributed by atoms with van der Waals surface area (Å²) in [7, 11) is 1.47. The van der Waals surface area contributed by atoms with Crippen LogP contribution < -0.4 is 10.5 Å². The number of methoxy groups -OCH3 is 1. The average Bonchev–Trinajstić information content (AvgIpc) is 3.05. The molecule has 0 saturated carbocycles. The SMILES string of the molecule is COc1cc(-c2nc(-c3ccccc3)no2)ccc1C(N)=O. The highest BCUT2D eigenvalue weighted by atomic mass is 16.5. The highest BCUT2D eigenvalue weighted by Gasteiger charge is 2.14. The summed E-state index contributed by atoms with van der Waals surface area (Å²) < 4.78 is 10.4. The van der Waals surface area contributed by atoms with Gasteiger partial charge in [0.25, 0.3) is 11.8 Å². The van der Waals surface area contributed by atoms with Crippen molar-refractivity contribution in [3.05, 3.63) is 54.1 Å². The van der Waals surface area contributed by atoms with E-state index in [9.17, 15) is 4.79 Å². The highest BCUT2D eigenvalue weighted by molar-refractivity contribution is 5.96. The van der Waals surface area contributed by atoms with Crippen molar-refractivity contribution < 1.29 is 14.1 Å². The third kappa shape index (κ3) is 2.54. The molecule has 0 spiro atoms. The molecule has 3 aromatic rings. The van der Waals surface area contributed by atoms with E-state index < -0.39 is 5.91 Å². The zero-order chi connectivity index (χ0) is 15.5. The molecule has 3 rings (SSSR count). The van der Waals surface area contributed by atoms with Gasteiger partial charge in [-0.3, -0.25) is 4.79 Å². The number of carbonyl (C=O) groups is 1. The van der Waals surface area contributed by atoms with Gasteiger partial charge in [-0.25, -0.2) is 0 Å². The summed E-state index contributed by atoms with van der Waals surface area (Å²) in [6, 6.07) is 14.4. The molecule has 6 nitrogen and oxygen atoms in total. The zero-order valence-electron chi connectivity index (χ0n) is 11.8. The minimum atomic E-state index is -0.557. The second-order valence-corrected chi connectivity index (χ2v) is 4.57. The quantitative estimate of drug-likeness (QED) is 0.798. The molecule has 0 aliphatic carbocycles. The molecule has 0 saturated heterocycles. The molecule has 2 N–H and O–H groups in total. The molecule has 1 amide bonds. The van der Waals surface area contributed by atoms with Crippen molar-refractivity contribution in [2.24, 2.45) is 5.73 Å². The van der Waals surface area contributed by atoms with E-state index in [1.165, 1.54) is 7.11 Å². The van der Waals surface area contributed by atoms with Crippen molar-refractivity contribution in [1.82, 2.24) is 10.1 Å². The van der Waals surface area contributed by atoms with Crippen LogP contribution in [-0.4, -0.2) is 23.2 Å². The van der Waals surface area contributed by atoms with Gasteiger partial charge in [0.1, 0.15) is 5.75 Å². The molecule has 0 atom stereocenters. The first-order chi connectivity index (χ1) is 10.7. The molecule has 0 fully saturated rings. The van der Waals surface area contributed by atoms with Crippen LogP contribution in [0.4, 0.5) is 0 Å². The topological polar surface area (TPSA) is 91.2 Å². The number of carbonyl (C=O) groups excluding carboxylic acids is 1. The third-order valence-corrected chi connectivity index (χ3v) is 3.17. The number of benzene rings is 2. The maximum atomic E-state index is 11.3. The molecule has 1 aromatic heterocycles. The lowest BCUT2D eigenvalue weighted by Crippen LogP contribution is -2.12. The summed E-state index contributed by atoms with van der Waals surface area (Å²) in [6.45, 7) is 0. The molecule has 0 radical (unpaired) electrons. The van der Waals surface area contributed by atoms with E-state index in [2.05, 4.69) is 10.1 Å². The molecule has 1 heterocycles. The fourth-order valence-corrected chi connectivity index (χ4v) is 2.07. The van der Waals surface area contributed by atoms with E-state index in [1.54, 1.807) is 18.2 Å². The molecule has 0 aliphatic rings. The first-order valence-corrected chi connectivity index (χ1v) is 6.56. The maximum absolute atomic E-state index is 11.3. The maximum Gasteiger partial charge on any atom is 0.258 e. The molecule has 0 unspecified atom stereocenters. The lowest BCUT2D eigenvalue weighted by atomic mass is 10.1. The number of nitrogens with zero attached hydrogens (tertiary/aromatic N) is 2. The van der Waals surface area contributed by atoms with E-state index in [0.29, 0.717) is 28.6 Å². The second kappa shape index (κ2) is 5.69. The van der Waals surface area contributed by atoms with Gasteiger partial charge in [-0.05, 0) is 18.2 Å². The fourth-order valence-electron chi connectivity index (χ4n) is 2.07. The van der Waals surface area contributed by atoms with Crippen LogP contribution >= 0.6 is 0 Å². The van der Waals surface area contributed by atoms with Crippen LogP contribution in [0.25, 0.3) is 22.8 Å². The van der Waals surface area contributed by atoms with Crippen LogP contribution in [0.15, 0.2) is 53.1 Å². The van der Waals surface area contributed by atoms with E-state index in [-0.39, 0.29) is 0 Å². The minimum Gasteiger partial charge on any atom is -0.496 e. The lowest BCUT2D eigenvalue weighted by Gasteiger charge is -2.06. The first kappa shape index (κ1) is 13.8. The van der Waals surface area contributed by atoms with Crippen molar-refractivity contribution >= 4 is 5.91 Å². The Morgan fingerprint density at radius 2 is 1.91 bits per heavy atom. The molecule has 110 valence electrons. The van der Waals surface area contributed by atoms with Gasteiger partial charge in [0.2, 0.25) is 5.82 Å². The van der Waals surface area contributed by atoms with Crippen molar-refractivity contribution in [3.63, 3.8) is 0 Å². The summed E-state index contributed by atoms with van der Waals surface area (Å²) in [5.74, 6) is 0.644. The Hall–Kier alpha value is -3.15. The van der Waals surface area contributed by atoms with Gasteiger partial charge in [-0.2, -0.15) is 4.98 Å². The van der Waals surface area contributed by atoms with Gasteiger partial charge in [0.05, 0.1) is 12.7 Å². The van der Waals surface area contributed by atoms with Crippen LogP contribution in [-0.2, 0) is 0 Å². The van der Waals surface area contributed by atoms with Gasteiger partial charge in [-0.1, -0.05) is 35.5 Å². The summed E-state index contributed by atoms with van der Waals surface area (Å²) in [6.07, 6.45) is 0. The van der Waals surface area contributed by atoms with Crippen molar-refractivity contribution in [1.29, 1.82) is 0 Å². The lowest BCUT2D eigenvalue weighted by molar-refractivity contribution is 0.0997. The Balaban J connectivity index is 1.99. The normalized spacial score (nSPS) is 10.4. The fraction of sp³-hybridized carbons (Fsp3) is 0.0625. The number of hydrogen-bond acceptors (Lipinski definition) is 5.